The van der Waals surface area contributed by atoms with Gasteiger partial charge in [0.15, 0.2) is 0 Å². The van der Waals surface area contributed by atoms with E-state index in [2.05, 4.69) is 27.0 Å². The molecule has 0 bridgehead atoms. The van der Waals surface area contributed by atoms with Crippen LogP contribution in [0.15, 0.2) is 0 Å². The van der Waals surface area contributed by atoms with E-state index in [4.69, 9.17) is 0 Å². The maximum Gasteiger partial charge on any atom is 0.133 e. The molecule has 2 fully saturated rings. The second-order valence-corrected chi connectivity index (χ2v) is 5.87. The smallest absolute Gasteiger partial charge is 0.133 e. The van der Waals surface area contributed by atoms with Crippen LogP contribution in [0.1, 0.15) is 56.2 Å². The summed E-state index contributed by atoms with van der Waals surface area (Å²) in [5.41, 5.74) is 0. The number of nitrogens with zero attached hydrogens (tertiary/aromatic N) is 3. The first-order valence-corrected chi connectivity index (χ1v) is 7.45. The summed E-state index contributed by atoms with van der Waals surface area (Å²) in [7, 11) is 0. The molecule has 0 spiro atoms. The van der Waals surface area contributed by atoms with E-state index < -0.39 is 0 Å². The Morgan fingerprint density at radius 3 is 2.78 bits per heavy atom. The van der Waals surface area contributed by atoms with Crippen molar-refractivity contribution in [2.45, 2.75) is 57.9 Å². The van der Waals surface area contributed by atoms with Crippen molar-refractivity contribution >= 4 is 0 Å². The second kappa shape index (κ2) is 5.39. The zero-order valence-electron chi connectivity index (χ0n) is 11.4. The highest BCUT2D eigenvalue weighted by atomic mass is 15.3. The average molecular weight is 248 g/mol. The maximum absolute atomic E-state index is 4.41. The summed E-state index contributed by atoms with van der Waals surface area (Å²) < 4.78 is 2.43. The zero-order valence-corrected chi connectivity index (χ0v) is 11.4. The fraction of sp³-hybridized carbons (Fsp3) is 0.857. The van der Waals surface area contributed by atoms with E-state index in [9.17, 15) is 0 Å². The Hall–Kier alpha value is -0.900. The largest absolute Gasteiger partial charge is 0.316 e. The molecule has 1 atom stereocenters. The first-order chi connectivity index (χ1) is 8.84. The molecule has 0 aromatic carbocycles. The van der Waals surface area contributed by atoms with Gasteiger partial charge in [0.25, 0.3) is 0 Å². The minimum absolute atomic E-state index is 0.678. The third-order valence-electron chi connectivity index (χ3n) is 4.57. The molecule has 3 rings (SSSR count). The molecule has 1 saturated heterocycles. The molecule has 1 unspecified atom stereocenters. The number of aromatic nitrogens is 3. The summed E-state index contributed by atoms with van der Waals surface area (Å²) in [5.74, 6) is 3.19. The van der Waals surface area contributed by atoms with E-state index in [1.807, 2.05) is 0 Å². The Bertz CT molecular complexity index is 386. The van der Waals surface area contributed by atoms with Gasteiger partial charge in [-0.15, -0.1) is 10.2 Å². The van der Waals surface area contributed by atoms with Crippen LogP contribution in [0.3, 0.4) is 0 Å². The van der Waals surface area contributed by atoms with Crippen LogP contribution >= 0.6 is 0 Å². The predicted octanol–water partition coefficient (Wildman–Crippen LogP) is 2.24. The highest BCUT2D eigenvalue weighted by Crippen LogP contribution is 2.31. The zero-order chi connectivity index (χ0) is 12.4. The van der Waals surface area contributed by atoms with Crippen molar-refractivity contribution in [1.29, 1.82) is 0 Å². The summed E-state index contributed by atoms with van der Waals surface area (Å²) in [5, 5.41) is 12.2. The molecule has 1 saturated carbocycles. The second-order valence-electron chi connectivity index (χ2n) is 5.87. The third-order valence-corrected chi connectivity index (χ3v) is 4.57. The molecule has 0 radical (unpaired) electrons. The van der Waals surface area contributed by atoms with Gasteiger partial charge in [0.1, 0.15) is 11.6 Å². The molecular weight excluding hydrogens is 224 g/mol. The van der Waals surface area contributed by atoms with Gasteiger partial charge in [0.2, 0.25) is 0 Å². The van der Waals surface area contributed by atoms with Crippen molar-refractivity contribution in [1.82, 2.24) is 20.1 Å². The van der Waals surface area contributed by atoms with E-state index in [1.165, 1.54) is 57.4 Å². The molecule has 1 aliphatic carbocycles. The lowest BCUT2D eigenvalue weighted by Crippen LogP contribution is -2.14. The predicted molar refractivity (Wildman–Crippen MR) is 71.6 cm³/mol. The lowest BCUT2D eigenvalue weighted by atomic mass is 10.0. The van der Waals surface area contributed by atoms with E-state index in [-0.39, 0.29) is 0 Å². The summed E-state index contributed by atoms with van der Waals surface area (Å²) in [4.78, 5) is 0. The Morgan fingerprint density at radius 2 is 2.06 bits per heavy atom. The Morgan fingerprint density at radius 1 is 1.22 bits per heavy atom. The highest BCUT2D eigenvalue weighted by Gasteiger charge is 2.23. The van der Waals surface area contributed by atoms with E-state index in [1.54, 1.807) is 0 Å². The molecule has 1 N–H and O–H groups in total. The van der Waals surface area contributed by atoms with Crippen molar-refractivity contribution in [2.24, 2.45) is 5.92 Å². The lowest BCUT2D eigenvalue weighted by molar-refractivity contribution is 0.463. The molecule has 1 aliphatic heterocycles. The molecule has 2 heterocycles. The van der Waals surface area contributed by atoms with Crippen molar-refractivity contribution in [3.8, 4) is 0 Å². The summed E-state index contributed by atoms with van der Waals surface area (Å²) in [6, 6.07) is 0.678. The Kier molecular flexibility index (Phi) is 3.64. The molecule has 4 nitrogen and oxygen atoms in total. The van der Waals surface area contributed by atoms with E-state index in [0.29, 0.717) is 6.04 Å². The maximum atomic E-state index is 4.41. The number of hydrogen-bond acceptors (Lipinski definition) is 3. The molecule has 18 heavy (non-hydrogen) atoms. The van der Waals surface area contributed by atoms with Crippen molar-refractivity contribution in [3.63, 3.8) is 0 Å². The minimum Gasteiger partial charge on any atom is -0.316 e. The SMILES string of the molecule is Cc1nnc(CCC2CCNC2)n1C1CCCC1. The van der Waals surface area contributed by atoms with Crippen LogP contribution in [0.2, 0.25) is 0 Å². The van der Waals surface area contributed by atoms with Gasteiger partial charge in [-0.3, -0.25) is 0 Å². The summed E-state index contributed by atoms with van der Waals surface area (Å²) >= 11 is 0. The van der Waals surface area contributed by atoms with Gasteiger partial charge in [0, 0.05) is 12.5 Å². The summed E-state index contributed by atoms with van der Waals surface area (Å²) in [6.07, 6.45) is 9.06. The number of aryl methyl sites for hydroxylation is 2. The third kappa shape index (κ3) is 2.44. The van der Waals surface area contributed by atoms with Crippen LogP contribution < -0.4 is 5.32 Å². The fourth-order valence-corrected chi connectivity index (χ4v) is 3.52. The van der Waals surface area contributed by atoms with Crippen LogP contribution in [0.4, 0.5) is 0 Å². The van der Waals surface area contributed by atoms with Gasteiger partial charge in [-0.1, -0.05) is 12.8 Å². The number of hydrogen-bond donors (Lipinski definition) is 1. The Balaban J connectivity index is 1.67. The number of rotatable bonds is 4. The van der Waals surface area contributed by atoms with Crippen LogP contribution in [0.5, 0.6) is 0 Å². The van der Waals surface area contributed by atoms with Gasteiger partial charge in [0.05, 0.1) is 0 Å². The normalized spacial score (nSPS) is 25.1. The minimum atomic E-state index is 0.678. The first kappa shape index (κ1) is 12.2. The van der Waals surface area contributed by atoms with E-state index in [0.717, 1.165) is 18.2 Å². The average Bonchev–Trinajstić information content (AvgIpc) is 3.07. The molecule has 100 valence electrons. The fourth-order valence-electron chi connectivity index (χ4n) is 3.52. The summed E-state index contributed by atoms with van der Waals surface area (Å²) in [6.45, 7) is 4.49. The highest BCUT2D eigenvalue weighted by molar-refractivity contribution is 4.99. The topological polar surface area (TPSA) is 42.7 Å². The first-order valence-electron chi connectivity index (χ1n) is 7.45. The van der Waals surface area contributed by atoms with Crippen LogP contribution in [0, 0.1) is 12.8 Å². The van der Waals surface area contributed by atoms with Gasteiger partial charge < -0.3 is 9.88 Å². The van der Waals surface area contributed by atoms with Gasteiger partial charge >= 0.3 is 0 Å². The van der Waals surface area contributed by atoms with Gasteiger partial charge in [-0.05, 0) is 51.6 Å². The van der Waals surface area contributed by atoms with Crippen molar-refractivity contribution in [3.05, 3.63) is 11.6 Å². The molecular formula is C14H24N4. The quantitative estimate of drug-likeness (QED) is 0.888. The molecule has 2 aliphatic rings. The van der Waals surface area contributed by atoms with Crippen molar-refractivity contribution < 1.29 is 0 Å². The van der Waals surface area contributed by atoms with Crippen LogP contribution in [-0.2, 0) is 6.42 Å². The van der Waals surface area contributed by atoms with Crippen LogP contribution in [-0.4, -0.2) is 27.9 Å². The molecule has 4 heteroatoms. The lowest BCUT2D eigenvalue weighted by Gasteiger charge is -2.16. The monoisotopic (exact) mass is 248 g/mol. The standard InChI is InChI=1S/C14H24N4/c1-11-16-17-14(7-6-12-8-9-15-10-12)18(11)13-4-2-3-5-13/h12-13,15H,2-10H2,1H3. The van der Waals surface area contributed by atoms with Crippen LogP contribution in [0.25, 0.3) is 0 Å². The molecule has 0 amide bonds. The Labute approximate surface area is 109 Å². The van der Waals surface area contributed by atoms with E-state index >= 15 is 0 Å². The van der Waals surface area contributed by atoms with Gasteiger partial charge in [-0.2, -0.15) is 0 Å². The molecule has 1 aromatic rings. The van der Waals surface area contributed by atoms with Crippen molar-refractivity contribution in [2.75, 3.05) is 13.1 Å². The molecule has 1 aromatic heterocycles. The van der Waals surface area contributed by atoms with Gasteiger partial charge in [-0.25, -0.2) is 0 Å². The number of nitrogens with one attached hydrogen (secondary N) is 1.